The minimum absolute atomic E-state index is 0.272. The van der Waals surface area contributed by atoms with Gasteiger partial charge in [-0.3, -0.25) is 0 Å². The van der Waals surface area contributed by atoms with E-state index in [1.165, 1.54) is 11.1 Å². The first-order valence-corrected chi connectivity index (χ1v) is 9.69. The summed E-state index contributed by atoms with van der Waals surface area (Å²) in [7, 11) is 0. The summed E-state index contributed by atoms with van der Waals surface area (Å²) in [6.07, 6.45) is 0. The Labute approximate surface area is 171 Å². The number of carbonyl (C=O) groups is 1. The molecule has 3 rings (SSSR count). The molecular formula is C23H26N4O2. The van der Waals surface area contributed by atoms with Gasteiger partial charge in [0, 0.05) is 17.3 Å². The molecule has 150 valence electrons. The third kappa shape index (κ3) is 6.04. The van der Waals surface area contributed by atoms with Gasteiger partial charge in [0.25, 0.3) is 0 Å². The Kier molecular flexibility index (Phi) is 6.79. The molecule has 0 aliphatic rings. The van der Waals surface area contributed by atoms with Gasteiger partial charge in [0.2, 0.25) is 5.88 Å². The van der Waals surface area contributed by atoms with Crippen molar-refractivity contribution in [1.82, 2.24) is 15.5 Å². The van der Waals surface area contributed by atoms with Gasteiger partial charge in [0.05, 0.1) is 12.2 Å². The number of hydrogen-bond acceptors (Lipinski definition) is 4. The highest BCUT2D eigenvalue weighted by molar-refractivity contribution is 5.89. The number of aromatic nitrogens is 2. The lowest BCUT2D eigenvalue weighted by molar-refractivity contribution is 0.246. The Morgan fingerprint density at radius 3 is 2.31 bits per heavy atom. The predicted octanol–water partition coefficient (Wildman–Crippen LogP) is 4.78. The van der Waals surface area contributed by atoms with Crippen LogP contribution in [0.1, 0.15) is 30.9 Å². The van der Waals surface area contributed by atoms with Gasteiger partial charge in [-0.1, -0.05) is 55.8 Å². The number of urea groups is 1. The van der Waals surface area contributed by atoms with E-state index in [4.69, 9.17) is 4.74 Å². The number of carbonyl (C=O) groups excluding carboxylic acids is 1. The fraction of sp³-hybridized carbons (Fsp3) is 0.261. The quantitative estimate of drug-likeness (QED) is 0.570. The van der Waals surface area contributed by atoms with Crippen LogP contribution in [0.2, 0.25) is 0 Å². The van der Waals surface area contributed by atoms with E-state index in [1.54, 1.807) is 6.07 Å². The van der Waals surface area contributed by atoms with Crippen LogP contribution in [0.15, 0.2) is 60.7 Å². The second kappa shape index (κ2) is 9.68. The molecule has 0 saturated heterocycles. The molecule has 2 N–H and O–H groups in total. The molecule has 0 bridgehead atoms. The maximum absolute atomic E-state index is 12.0. The highest BCUT2D eigenvalue weighted by Crippen LogP contribution is 2.18. The molecule has 0 fully saturated rings. The molecule has 0 unspecified atom stereocenters. The molecule has 0 aliphatic carbocycles. The van der Waals surface area contributed by atoms with E-state index in [-0.39, 0.29) is 6.03 Å². The summed E-state index contributed by atoms with van der Waals surface area (Å²) in [6.45, 7) is 6.98. The molecular weight excluding hydrogens is 364 g/mol. The Morgan fingerprint density at radius 2 is 1.69 bits per heavy atom. The number of hydrogen-bond donors (Lipinski definition) is 2. The van der Waals surface area contributed by atoms with Crippen molar-refractivity contribution >= 4 is 11.7 Å². The summed E-state index contributed by atoms with van der Waals surface area (Å²) in [5.41, 5.74) is 4.99. The van der Waals surface area contributed by atoms with Crippen LogP contribution in [0.3, 0.4) is 0 Å². The molecule has 2 aromatic carbocycles. The molecule has 0 aliphatic heterocycles. The van der Waals surface area contributed by atoms with E-state index >= 15 is 0 Å². The van der Waals surface area contributed by atoms with Crippen LogP contribution in [0.5, 0.6) is 5.88 Å². The van der Waals surface area contributed by atoms with Gasteiger partial charge < -0.3 is 15.4 Å². The lowest BCUT2D eigenvalue weighted by Crippen LogP contribution is -2.32. The number of benzene rings is 2. The zero-order valence-corrected chi connectivity index (χ0v) is 17.0. The molecule has 6 nitrogen and oxygen atoms in total. The van der Waals surface area contributed by atoms with Crippen LogP contribution < -0.4 is 15.4 Å². The molecule has 29 heavy (non-hydrogen) atoms. The first-order valence-electron chi connectivity index (χ1n) is 9.69. The molecule has 0 atom stereocenters. The van der Waals surface area contributed by atoms with E-state index in [0.29, 0.717) is 24.9 Å². The van der Waals surface area contributed by atoms with Gasteiger partial charge in [0.15, 0.2) is 0 Å². The van der Waals surface area contributed by atoms with E-state index in [0.717, 1.165) is 16.9 Å². The van der Waals surface area contributed by atoms with Gasteiger partial charge in [-0.25, -0.2) is 4.79 Å². The SMILES string of the molecule is Cc1ccc(-c2ccc(OCCNC(=O)Nc3ccc(C(C)C)cc3)nn2)cc1. The van der Waals surface area contributed by atoms with Gasteiger partial charge in [-0.05, 0) is 36.6 Å². The highest BCUT2D eigenvalue weighted by Gasteiger charge is 2.04. The number of anilines is 1. The highest BCUT2D eigenvalue weighted by atomic mass is 16.5. The first-order chi connectivity index (χ1) is 14.0. The van der Waals surface area contributed by atoms with Gasteiger partial charge in [-0.2, -0.15) is 0 Å². The molecule has 6 heteroatoms. The van der Waals surface area contributed by atoms with Gasteiger partial charge in [0.1, 0.15) is 6.61 Å². The van der Waals surface area contributed by atoms with Crippen LogP contribution in [0.25, 0.3) is 11.3 Å². The summed E-state index contributed by atoms with van der Waals surface area (Å²) in [4.78, 5) is 12.0. The molecule has 3 aromatic rings. The fourth-order valence-corrected chi connectivity index (χ4v) is 2.72. The standard InChI is InChI=1S/C23H26N4O2/c1-16(2)18-8-10-20(11-9-18)25-23(28)24-14-15-29-22-13-12-21(26-27-22)19-6-4-17(3)5-7-19/h4-13,16H,14-15H2,1-3H3,(H2,24,25,28). The van der Waals surface area contributed by atoms with Crippen molar-refractivity contribution in [2.24, 2.45) is 0 Å². The minimum atomic E-state index is -0.272. The molecule has 0 radical (unpaired) electrons. The summed E-state index contributed by atoms with van der Waals surface area (Å²) < 4.78 is 5.54. The van der Waals surface area contributed by atoms with Crippen LogP contribution >= 0.6 is 0 Å². The Bertz CT molecular complexity index is 921. The molecule has 2 amide bonds. The summed E-state index contributed by atoms with van der Waals surface area (Å²) >= 11 is 0. The van der Waals surface area contributed by atoms with E-state index in [9.17, 15) is 4.79 Å². The van der Waals surface area contributed by atoms with Crippen LogP contribution in [0.4, 0.5) is 10.5 Å². The van der Waals surface area contributed by atoms with Crippen LogP contribution in [0, 0.1) is 6.92 Å². The Hall–Kier alpha value is -3.41. The van der Waals surface area contributed by atoms with Crippen molar-refractivity contribution in [3.05, 3.63) is 71.8 Å². The topological polar surface area (TPSA) is 76.1 Å². The second-order valence-corrected chi connectivity index (χ2v) is 7.13. The zero-order valence-electron chi connectivity index (χ0n) is 17.0. The van der Waals surface area contributed by atoms with Gasteiger partial charge >= 0.3 is 6.03 Å². The first kappa shape index (κ1) is 20.3. The normalized spacial score (nSPS) is 10.6. The molecule has 0 spiro atoms. The van der Waals surface area contributed by atoms with Crippen LogP contribution in [-0.2, 0) is 0 Å². The maximum Gasteiger partial charge on any atom is 0.319 e. The number of ether oxygens (including phenoxy) is 1. The fourth-order valence-electron chi connectivity index (χ4n) is 2.72. The second-order valence-electron chi connectivity index (χ2n) is 7.13. The lowest BCUT2D eigenvalue weighted by Gasteiger charge is -2.10. The number of nitrogens with zero attached hydrogens (tertiary/aromatic N) is 2. The molecule has 0 saturated carbocycles. The molecule has 1 heterocycles. The molecule has 1 aromatic heterocycles. The average molecular weight is 390 g/mol. The zero-order chi connectivity index (χ0) is 20.6. The van der Waals surface area contributed by atoms with Crippen molar-refractivity contribution in [3.8, 4) is 17.1 Å². The van der Waals surface area contributed by atoms with Crippen molar-refractivity contribution in [1.29, 1.82) is 0 Å². The largest absolute Gasteiger partial charge is 0.475 e. The Balaban J connectivity index is 1.40. The lowest BCUT2D eigenvalue weighted by atomic mass is 10.0. The van der Waals surface area contributed by atoms with Crippen LogP contribution in [-0.4, -0.2) is 29.4 Å². The number of aryl methyl sites for hydroxylation is 1. The summed E-state index contributed by atoms with van der Waals surface area (Å²) in [6, 6.07) is 19.3. The maximum atomic E-state index is 12.0. The smallest absolute Gasteiger partial charge is 0.319 e. The van der Waals surface area contributed by atoms with Crippen molar-refractivity contribution in [3.63, 3.8) is 0 Å². The number of nitrogens with one attached hydrogen (secondary N) is 2. The third-order valence-corrected chi connectivity index (χ3v) is 4.46. The summed E-state index contributed by atoms with van der Waals surface area (Å²) in [5.74, 6) is 0.886. The summed E-state index contributed by atoms with van der Waals surface area (Å²) in [5, 5.41) is 13.8. The third-order valence-electron chi connectivity index (χ3n) is 4.46. The van der Waals surface area contributed by atoms with E-state index in [2.05, 4.69) is 34.7 Å². The van der Waals surface area contributed by atoms with Crippen molar-refractivity contribution in [2.45, 2.75) is 26.7 Å². The van der Waals surface area contributed by atoms with Crippen molar-refractivity contribution in [2.75, 3.05) is 18.5 Å². The van der Waals surface area contributed by atoms with E-state index < -0.39 is 0 Å². The van der Waals surface area contributed by atoms with Gasteiger partial charge in [-0.15, -0.1) is 10.2 Å². The average Bonchev–Trinajstić information content (AvgIpc) is 2.73. The van der Waals surface area contributed by atoms with E-state index in [1.807, 2.05) is 61.5 Å². The van der Waals surface area contributed by atoms with Crippen molar-refractivity contribution < 1.29 is 9.53 Å². The predicted molar refractivity (Wildman–Crippen MR) is 115 cm³/mol. The number of rotatable bonds is 7. The monoisotopic (exact) mass is 390 g/mol. The minimum Gasteiger partial charge on any atom is -0.475 e. The number of amides is 2. The Morgan fingerprint density at radius 1 is 0.966 bits per heavy atom.